The highest BCUT2D eigenvalue weighted by atomic mass is 16.5. The Labute approximate surface area is 174 Å². The summed E-state index contributed by atoms with van der Waals surface area (Å²) in [5, 5.41) is 7.27. The van der Waals surface area contributed by atoms with Crippen LogP contribution >= 0.6 is 0 Å². The lowest BCUT2D eigenvalue weighted by Crippen LogP contribution is -2.48. The van der Waals surface area contributed by atoms with E-state index in [-0.39, 0.29) is 11.3 Å². The van der Waals surface area contributed by atoms with E-state index in [2.05, 4.69) is 20.2 Å². The van der Waals surface area contributed by atoms with Gasteiger partial charge in [0, 0.05) is 30.3 Å². The Morgan fingerprint density at radius 2 is 2.20 bits per heavy atom. The summed E-state index contributed by atoms with van der Waals surface area (Å²) >= 11 is 0. The summed E-state index contributed by atoms with van der Waals surface area (Å²) in [4.78, 5) is 23.9. The number of nitrogen functional groups attached to an aromatic ring is 1. The summed E-state index contributed by atoms with van der Waals surface area (Å²) in [6, 6.07) is 9.44. The van der Waals surface area contributed by atoms with Crippen LogP contribution in [0.15, 0.2) is 36.5 Å². The van der Waals surface area contributed by atoms with E-state index in [1.54, 1.807) is 13.2 Å². The molecule has 1 fully saturated rings. The van der Waals surface area contributed by atoms with Gasteiger partial charge in [-0.25, -0.2) is 9.97 Å². The van der Waals surface area contributed by atoms with Crippen molar-refractivity contribution in [3.05, 3.63) is 53.5 Å². The van der Waals surface area contributed by atoms with E-state index in [9.17, 15) is 4.79 Å². The molecule has 3 heterocycles. The Morgan fingerprint density at radius 1 is 1.30 bits per heavy atom. The number of fused-ring (bicyclic) bond motifs is 2. The lowest BCUT2D eigenvalue weighted by atomic mass is 9.77. The fourth-order valence-electron chi connectivity index (χ4n) is 4.79. The van der Waals surface area contributed by atoms with Gasteiger partial charge in [0.05, 0.1) is 18.5 Å². The summed E-state index contributed by atoms with van der Waals surface area (Å²) in [7, 11) is 1.63. The van der Waals surface area contributed by atoms with Crippen LogP contribution in [0.25, 0.3) is 11.3 Å². The molecule has 30 heavy (non-hydrogen) atoms. The van der Waals surface area contributed by atoms with Crippen molar-refractivity contribution in [3.8, 4) is 17.0 Å². The quantitative estimate of drug-likeness (QED) is 0.694. The van der Waals surface area contributed by atoms with Gasteiger partial charge in [0.1, 0.15) is 11.4 Å². The Bertz CT molecular complexity index is 1110. The highest BCUT2D eigenvalue weighted by molar-refractivity contribution is 5.93. The van der Waals surface area contributed by atoms with Crippen molar-refractivity contribution < 1.29 is 9.53 Å². The van der Waals surface area contributed by atoms with Gasteiger partial charge in [-0.2, -0.15) is 5.10 Å². The first-order valence-corrected chi connectivity index (χ1v) is 10.2. The monoisotopic (exact) mass is 404 g/mol. The molecule has 5 rings (SSSR count). The van der Waals surface area contributed by atoms with E-state index in [4.69, 9.17) is 10.5 Å². The number of hydrogen-bond acceptors (Lipinski definition) is 6. The van der Waals surface area contributed by atoms with E-state index in [0.29, 0.717) is 18.2 Å². The number of nitrogens with zero attached hydrogens (tertiary/aromatic N) is 4. The van der Waals surface area contributed by atoms with Crippen LogP contribution in [-0.4, -0.2) is 51.2 Å². The van der Waals surface area contributed by atoms with Gasteiger partial charge in [0.15, 0.2) is 0 Å². The molecule has 0 saturated carbocycles. The predicted octanol–water partition coefficient (Wildman–Crippen LogP) is 2.58. The molecule has 1 aromatic carbocycles. The van der Waals surface area contributed by atoms with Gasteiger partial charge in [-0.1, -0.05) is 12.1 Å². The van der Waals surface area contributed by atoms with Crippen LogP contribution < -0.4 is 10.5 Å². The topological polar surface area (TPSA) is 110 Å². The number of carbonyl (C=O) groups is 1. The number of aromatic amines is 1. The van der Waals surface area contributed by atoms with E-state index < -0.39 is 0 Å². The number of anilines is 1. The molecular weight excluding hydrogens is 380 g/mol. The van der Waals surface area contributed by atoms with Gasteiger partial charge < -0.3 is 15.4 Å². The molecule has 1 spiro atoms. The second-order valence-electron chi connectivity index (χ2n) is 8.11. The molecule has 154 valence electrons. The first kappa shape index (κ1) is 18.6. The van der Waals surface area contributed by atoms with Crippen molar-refractivity contribution in [2.24, 2.45) is 0 Å². The fourth-order valence-corrected chi connectivity index (χ4v) is 4.79. The van der Waals surface area contributed by atoms with Gasteiger partial charge in [0.2, 0.25) is 5.95 Å². The second kappa shape index (κ2) is 7.12. The lowest BCUT2D eigenvalue weighted by Gasteiger charge is -2.40. The summed E-state index contributed by atoms with van der Waals surface area (Å²) in [5.41, 5.74) is 10.0. The van der Waals surface area contributed by atoms with E-state index in [1.165, 1.54) is 0 Å². The van der Waals surface area contributed by atoms with Crippen LogP contribution in [0.2, 0.25) is 0 Å². The van der Waals surface area contributed by atoms with Gasteiger partial charge in [-0.15, -0.1) is 0 Å². The molecule has 3 aromatic rings. The normalized spacial score (nSPS) is 20.4. The number of carbonyl (C=O) groups excluding carboxylic acids is 1. The minimum atomic E-state index is -0.129. The third kappa shape index (κ3) is 3.08. The van der Waals surface area contributed by atoms with Gasteiger partial charge in [-0.05, 0) is 49.4 Å². The summed E-state index contributed by atoms with van der Waals surface area (Å²) in [6.45, 7) is 1.37. The number of rotatable bonds is 3. The minimum absolute atomic E-state index is 0.0359. The number of amides is 1. The predicted molar refractivity (Wildman–Crippen MR) is 112 cm³/mol. The van der Waals surface area contributed by atoms with Crippen molar-refractivity contribution in [2.45, 2.75) is 31.1 Å². The smallest absolute Gasteiger partial charge is 0.271 e. The Kier molecular flexibility index (Phi) is 4.42. The highest BCUT2D eigenvalue weighted by Gasteiger charge is 2.45. The SMILES string of the molecule is COc1cccc(-c2cc(C(=O)N3CCCC4(CCc5cnc(N)nc54)C3)[nH]n2)c1. The van der Waals surface area contributed by atoms with Crippen molar-refractivity contribution in [3.63, 3.8) is 0 Å². The van der Waals surface area contributed by atoms with Crippen LogP contribution in [0.4, 0.5) is 5.95 Å². The Balaban J connectivity index is 1.39. The number of aryl methyl sites for hydroxylation is 1. The third-order valence-electron chi connectivity index (χ3n) is 6.30. The number of nitrogens with one attached hydrogen (secondary N) is 1. The summed E-state index contributed by atoms with van der Waals surface area (Å²) in [5.74, 6) is 1.02. The molecule has 1 amide bonds. The van der Waals surface area contributed by atoms with Crippen molar-refractivity contribution in [1.82, 2.24) is 25.1 Å². The average molecular weight is 404 g/mol. The number of methoxy groups -OCH3 is 1. The molecule has 1 aliphatic carbocycles. The van der Waals surface area contributed by atoms with Crippen molar-refractivity contribution in [1.29, 1.82) is 0 Å². The molecule has 8 nitrogen and oxygen atoms in total. The van der Waals surface area contributed by atoms with Crippen LogP contribution in [0.3, 0.4) is 0 Å². The van der Waals surface area contributed by atoms with Gasteiger partial charge >= 0.3 is 0 Å². The zero-order valence-electron chi connectivity index (χ0n) is 16.9. The van der Waals surface area contributed by atoms with E-state index in [1.807, 2.05) is 35.4 Å². The average Bonchev–Trinajstić information content (AvgIpc) is 3.40. The van der Waals surface area contributed by atoms with Gasteiger partial charge in [-0.3, -0.25) is 9.89 Å². The maximum atomic E-state index is 13.3. The summed E-state index contributed by atoms with van der Waals surface area (Å²) in [6.07, 6.45) is 5.69. The number of likely N-dealkylation sites (tertiary alicyclic amines) is 1. The molecular formula is C22H24N6O2. The molecule has 8 heteroatoms. The largest absolute Gasteiger partial charge is 0.497 e. The number of aromatic nitrogens is 4. The van der Waals surface area contributed by atoms with Crippen LogP contribution in [0, 0.1) is 0 Å². The number of hydrogen-bond donors (Lipinski definition) is 2. The standard InChI is InChI=1S/C22H24N6O2/c1-30-16-5-2-4-14(10-16)17-11-18(27-26-17)20(29)28-9-3-7-22(13-28)8-6-15-12-24-21(23)25-19(15)22/h2,4-5,10-12H,3,6-9,13H2,1H3,(H,26,27)(H2,23,24,25). The number of nitrogens with two attached hydrogens (primary N) is 1. The molecule has 3 N–H and O–H groups in total. The highest BCUT2D eigenvalue weighted by Crippen LogP contribution is 2.44. The minimum Gasteiger partial charge on any atom is -0.497 e. The van der Waals surface area contributed by atoms with Gasteiger partial charge in [0.25, 0.3) is 5.91 Å². The zero-order chi connectivity index (χ0) is 20.7. The second-order valence-corrected chi connectivity index (χ2v) is 8.11. The van der Waals surface area contributed by atoms with Crippen LogP contribution in [-0.2, 0) is 11.8 Å². The molecule has 2 aliphatic rings. The van der Waals surface area contributed by atoms with Crippen LogP contribution in [0.1, 0.15) is 41.0 Å². The number of H-pyrrole nitrogens is 1. The maximum absolute atomic E-state index is 13.3. The number of piperidine rings is 1. The number of ether oxygens (including phenoxy) is 1. The molecule has 1 unspecified atom stereocenters. The van der Waals surface area contributed by atoms with E-state index >= 15 is 0 Å². The van der Waals surface area contributed by atoms with Crippen molar-refractivity contribution >= 4 is 11.9 Å². The molecule has 1 aliphatic heterocycles. The molecule has 1 atom stereocenters. The number of benzene rings is 1. The zero-order valence-corrected chi connectivity index (χ0v) is 16.9. The lowest BCUT2D eigenvalue weighted by molar-refractivity contribution is 0.0627. The van der Waals surface area contributed by atoms with E-state index in [0.717, 1.165) is 60.5 Å². The maximum Gasteiger partial charge on any atom is 0.271 e. The van der Waals surface area contributed by atoms with Crippen molar-refractivity contribution in [2.75, 3.05) is 25.9 Å². The fraction of sp³-hybridized carbons (Fsp3) is 0.364. The molecule has 0 bridgehead atoms. The summed E-state index contributed by atoms with van der Waals surface area (Å²) < 4.78 is 5.28. The Hall–Kier alpha value is -3.42. The Morgan fingerprint density at radius 3 is 3.07 bits per heavy atom. The van der Waals surface area contributed by atoms with Crippen LogP contribution in [0.5, 0.6) is 5.75 Å². The third-order valence-corrected chi connectivity index (χ3v) is 6.30. The first-order chi connectivity index (χ1) is 14.6. The molecule has 1 saturated heterocycles. The molecule has 2 aromatic heterocycles. The first-order valence-electron chi connectivity index (χ1n) is 10.2. The molecule has 0 radical (unpaired) electrons.